The van der Waals surface area contributed by atoms with E-state index in [1.165, 1.54) is 24.3 Å². The summed E-state index contributed by atoms with van der Waals surface area (Å²) in [6, 6.07) is 19.8. The van der Waals surface area contributed by atoms with Gasteiger partial charge in [-0.25, -0.2) is 8.83 Å². The summed E-state index contributed by atoms with van der Waals surface area (Å²) < 4.78 is 130. The van der Waals surface area contributed by atoms with Crippen molar-refractivity contribution in [2.24, 2.45) is 0 Å². The molecule has 44 heavy (non-hydrogen) atoms. The van der Waals surface area contributed by atoms with Crippen molar-refractivity contribution in [3.8, 4) is 45.6 Å². The van der Waals surface area contributed by atoms with E-state index < -0.39 is 15.6 Å². The van der Waals surface area contributed by atoms with E-state index in [1.54, 1.807) is 24.3 Å². The van der Waals surface area contributed by atoms with Crippen LogP contribution in [0.5, 0.6) is 23.0 Å². The SMILES string of the molecule is F[P-](F)(F)(F)(F)F.F[P-](F)(F)(F)(F)F.Oc1cc(O)c2ccc(-c3ccc(-c4ccc5c(O)cc(O)cc5[o+]4)cc3)[o+]c2c1. The van der Waals surface area contributed by atoms with Gasteiger partial charge in [0, 0.05) is 24.3 Å². The summed E-state index contributed by atoms with van der Waals surface area (Å²) in [6.45, 7) is 0. The molecule has 4 N–H and O–H groups in total. The Labute approximate surface area is 236 Å². The van der Waals surface area contributed by atoms with Crippen molar-refractivity contribution in [1.29, 1.82) is 0 Å². The molecule has 242 valence electrons. The first-order valence-electron chi connectivity index (χ1n) is 11.2. The van der Waals surface area contributed by atoms with Crippen molar-refractivity contribution in [2.45, 2.75) is 0 Å². The molecule has 0 bridgehead atoms. The fourth-order valence-corrected chi connectivity index (χ4v) is 3.43. The number of phenols is 4. The van der Waals surface area contributed by atoms with E-state index in [4.69, 9.17) is 8.83 Å². The van der Waals surface area contributed by atoms with Crippen LogP contribution in [-0.4, -0.2) is 20.4 Å². The molecule has 0 aliphatic carbocycles. The van der Waals surface area contributed by atoms with Crippen LogP contribution in [0.4, 0.5) is 50.4 Å². The molecule has 20 heteroatoms. The molecule has 0 spiro atoms. The smallest absolute Gasteiger partial charge is 0.368 e. The Morgan fingerprint density at radius 1 is 0.409 bits per heavy atom. The summed E-state index contributed by atoms with van der Waals surface area (Å²) in [5.74, 6) is 0.891. The van der Waals surface area contributed by atoms with Crippen LogP contribution < -0.4 is 0 Å². The molecule has 0 aliphatic rings. The second-order valence-corrected chi connectivity index (χ2v) is 12.7. The molecule has 3 aromatic carbocycles. The van der Waals surface area contributed by atoms with Gasteiger partial charge in [0.25, 0.3) is 0 Å². The number of benzene rings is 3. The van der Waals surface area contributed by atoms with Crippen LogP contribution in [-0.2, 0) is 0 Å². The van der Waals surface area contributed by atoms with Crippen LogP contribution >= 0.6 is 15.6 Å². The third-order valence-corrected chi connectivity index (χ3v) is 4.91. The zero-order valence-corrected chi connectivity index (χ0v) is 22.8. The van der Waals surface area contributed by atoms with Gasteiger partial charge in [0.05, 0.1) is 23.3 Å². The van der Waals surface area contributed by atoms with E-state index in [0.29, 0.717) is 33.5 Å². The average Bonchev–Trinajstić information content (AvgIpc) is 2.79. The second kappa shape index (κ2) is 9.60. The summed E-state index contributed by atoms with van der Waals surface area (Å²) in [5.41, 5.74) is 2.36. The summed E-state index contributed by atoms with van der Waals surface area (Å²) >= 11 is 0. The minimum atomic E-state index is -10.7. The predicted octanol–water partition coefficient (Wildman–Crippen LogP) is 12.7. The van der Waals surface area contributed by atoms with E-state index >= 15 is 0 Å². The fourth-order valence-electron chi connectivity index (χ4n) is 3.43. The maximum atomic E-state index is 9.92. The summed E-state index contributed by atoms with van der Waals surface area (Å²) in [7, 11) is -21.3. The maximum absolute atomic E-state index is 10.7. The Balaban J connectivity index is 0.000000317. The molecule has 2 aromatic heterocycles. The van der Waals surface area contributed by atoms with Crippen LogP contribution in [0.25, 0.3) is 44.6 Å². The van der Waals surface area contributed by atoms with Crippen molar-refractivity contribution in [2.75, 3.05) is 0 Å². The first-order chi connectivity index (χ1) is 19.4. The van der Waals surface area contributed by atoms with E-state index in [2.05, 4.69) is 0 Å². The third-order valence-electron chi connectivity index (χ3n) is 4.91. The molecule has 0 saturated carbocycles. The van der Waals surface area contributed by atoms with Crippen molar-refractivity contribution in [3.05, 3.63) is 72.8 Å². The molecule has 0 radical (unpaired) electrons. The molecule has 0 fully saturated rings. The van der Waals surface area contributed by atoms with Gasteiger partial charge in [0.15, 0.2) is 0 Å². The first kappa shape index (κ1) is 34.2. The number of halogens is 12. The van der Waals surface area contributed by atoms with E-state index in [9.17, 15) is 70.8 Å². The number of hydrogen-bond donors (Lipinski definition) is 4. The molecule has 6 nitrogen and oxygen atoms in total. The Morgan fingerprint density at radius 3 is 0.955 bits per heavy atom. The third kappa shape index (κ3) is 12.5. The Hall–Kier alpha value is -4.30. The molecule has 2 heterocycles. The maximum Gasteiger partial charge on any atom is 0.368 e. The normalized spacial score (nSPS) is 15.0. The van der Waals surface area contributed by atoms with Crippen LogP contribution in [0.2, 0.25) is 0 Å². The molecule has 0 amide bonds. The second-order valence-electron chi connectivity index (χ2n) is 8.85. The van der Waals surface area contributed by atoms with Crippen molar-refractivity contribution < 1.29 is 79.6 Å². The minimum absolute atomic E-state index is 0.0503. The van der Waals surface area contributed by atoms with Gasteiger partial charge in [0.2, 0.25) is 0 Å². The van der Waals surface area contributed by atoms with E-state index in [1.807, 2.05) is 24.3 Å². The van der Waals surface area contributed by atoms with Gasteiger partial charge in [-0.05, 0) is 36.4 Å². The molecule has 0 unspecified atom stereocenters. The van der Waals surface area contributed by atoms with Gasteiger partial charge in [0.1, 0.15) is 33.8 Å². The summed E-state index contributed by atoms with van der Waals surface area (Å²) in [4.78, 5) is 0. The van der Waals surface area contributed by atoms with Crippen LogP contribution in [0.1, 0.15) is 0 Å². The number of aromatic hydroxyl groups is 4. The number of phenolic OH excluding ortho intramolecular Hbond substituents is 4. The summed E-state index contributed by atoms with van der Waals surface area (Å²) in [6.07, 6.45) is 0. The largest absolute Gasteiger partial charge is 0.507 e. The van der Waals surface area contributed by atoms with E-state index in [0.717, 1.165) is 11.1 Å². The molecule has 0 atom stereocenters. The topological polar surface area (TPSA) is 104 Å². The van der Waals surface area contributed by atoms with Gasteiger partial charge >= 0.3 is 88.7 Å². The van der Waals surface area contributed by atoms with Gasteiger partial charge in [-0.15, -0.1) is 0 Å². The van der Waals surface area contributed by atoms with Crippen LogP contribution in [0, 0.1) is 0 Å². The molecule has 5 aromatic rings. The van der Waals surface area contributed by atoms with Crippen molar-refractivity contribution in [1.82, 2.24) is 0 Å². The minimum Gasteiger partial charge on any atom is -0.507 e. The molecular formula is C24H16F12O6P2. The number of fused-ring (bicyclic) bond motifs is 2. The standard InChI is InChI=1S/C24H14O6.2F6P/c25-15-9-19(27)17-5-7-21(29-23(17)11-15)13-1-2-14(4-3-13)22-8-6-18-20(28)10-16(26)12-24(18)30-22;2*1-7(2,3,4,5)6/h1-12H,(H2-2,25,26,27,28);;/q;2*-1/p+2. The quantitative estimate of drug-likeness (QED) is 0.0835. The Bertz CT molecular complexity index is 1720. The molecular weight excluding hydrogens is 674 g/mol. The first-order valence-corrected chi connectivity index (χ1v) is 15.2. The monoisotopic (exact) mass is 690 g/mol. The fraction of sp³-hybridized carbons (Fsp3) is 0. The van der Waals surface area contributed by atoms with Crippen LogP contribution in [0.3, 0.4) is 0 Å². The van der Waals surface area contributed by atoms with Gasteiger partial charge in [-0.2, -0.15) is 0 Å². The zero-order valence-electron chi connectivity index (χ0n) is 21.0. The van der Waals surface area contributed by atoms with E-state index in [-0.39, 0.29) is 23.0 Å². The van der Waals surface area contributed by atoms with Gasteiger partial charge in [-0.1, -0.05) is 0 Å². The van der Waals surface area contributed by atoms with Crippen LogP contribution in [0.15, 0.2) is 81.6 Å². The van der Waals surface area contributed by atoms with Crippen molar-refractivity contribution in [3.63, 3.8) is 0 Å². The van der Waals surface area contributed by atoms with Gasteiger partial charge in [-0.3, -0.25) is 0 Å². The number of hydrogen-bond acceptors (Lipinski definition) is 4. The van der Waals surface area contributed by atoms with Crippen molar-refractivity contribution >= 4 is 37.6 Å². The average molecular weight is 690 g/mol. The number of rotatable bonds is 2. The molecule has 5 rings (SSSR count). The predicted molar refractivity (Wildman–Crippen MR) is 139 cm³/mol. The molecule has 0 aliphatic heterocycles. The molecule has 0 saturated heterocycles. The summed E-state index contributed by atoms with van der Waals surface area (Å²) in [5, 5.41) is 40.2. The van der Waals surface area contributed by atoms with Gasteiger partial charge < -0.3 is 20.4 Å². The zero-order chi connectivity index (χ0) is 33.6. The Morgan fingerprint density at radius 2 is 0.682 bits per heavy atom. The Kier molecular flexibility index (Phi) is 7.46.